The van der Waals surface area contributed by atoms with Gasteiger partial charge in [0.15, 0.2) is 5.82 Å². The number of anilines is 1. The predicted molar refractivity (Wildman–Crippen MR) is 48.0 cm³/mol. The van der Waals surface area contributed by atoms with E-state index in [0.717, 1.165) is 0 Å². The molecule has 2 N–H and O–H groups in total. The summed E-state index contributed by atoms with van der Waals surface area (Å²) in [6.07, 6.45) is 0. The van der Waals surface area contributed by atoms with Crippen LogP contribution < -0.4 is 5.73 Å². The summed E-state index contributed by atoms with van der Waals surface area (Å²) in [7, 11) is 0. The molecule has 1 aromatic carbocycles. The Hall–Kier alpha value is -1.08. The Balaban J connectivity index is 3.56. The highest BCUT2D eigenvalue weighted by Crippen LogP contribution is 2.26. The maximum absolute atomic E-state index is 13.1. The Kier molecular flexibility index (Phi) is 2.34. The van der Waals surface area contributed by atoms with Crippen LogP contribution >= 0.6 is 15.9 Å². The van der Waals surface area contributed by atoms with Crippen molar-refractivity contribution in [2.75, 3.05) is 5.73 Å². The molecule has 0 aliphatic rings. The smallest absolute Gasteiger partial charge is 0.157 e. The molecule has 0 amide bonds. The van der Waals surface area contributed by atoms with Gasteiger partial charge in [-0.15, -0.1) is 0 Å². The minimum absolute atomic E-state index is 0.0955. The molecular formula is C8H6BrFN2. The zero-order valence-corrected chi connectivity index (χ0v) is 7.94. The average molecular weight is 229 g/mol. The highest BCUT2D eigenvalue weighted by molar-refractivity contribution is 9.10. The number of aryl methyl sites for hydroxylation is 1. The molecule has 12 heavy (non-hydrogen) atoms. The van der Waals surface area contributed by atoms with Crippen LogP contribution in [0.15, 0.2) is 10.5 Å². The van der Waals surface area contributed by atoms with E-state index in [9.17, 15) is 4.39 Å². The van der Waals surface area contributed by atoms with Crippen LogP contribution in [0.2, 0.25) is 0 Å². The topological polar surface area (TPSA) is 49.8 Å². The first-order valence-corrected chi connectivity index (χ1v) is 4.01. The second kappa shape index (κ2) is 3.11. The molecule has 0 spiro atoms. The normalized spacial score (nSPS) is 9.50. The molecule has 4 heteroatoms. The van der Waals surface area contributed by atoms with Gasteiger partial charge in [-0.3, -0.25) is 0 Å². The van der Waals surface area contributed by atoms with Crippen molar-refractivity contribution >= 4 is 21.6 Å². The molecule has 0 aliphatic heterocycles. The lowest BCUT2D eigenvalue weighted by molar-refractivity contribution is 0.617. The fraction of sp³-hybridized carbons (Fsp3) is 0.125. The monoisotopic (exact) mass is 228 g/mol. The second-order valence-electron chi connectivity index (χ2n) is 2.39. The number of hydrogen-bond donors (Lipinski definition) is 1. The minimum Gasteiger partial charge on any atom is -0.397 e. The number of nitrogen functional groups attached to an aromatic ring is 1. The third-order valence-corrected chi connectivity index (χ3v) is 2.16. The zero-order chi connectivity index (χ0) is 9.30. The number of nitriles is 1. The van der Waals surface area contributed by atoms with Gasteiger partial charge in [0.25, 0.3) is 0 Å². The molecule has 0 heterocycles. The van der Waals surface area contributed by atoms with Crippen LogP contribution in [0, 0.1) is 24.1 Å². The maximum atomic E-state index is 13.1. The van der Waals surface area contributed by atoms with Gasteiger partial charge in [0.1, 0.15) is 11.6 Å². The molecule has 0 aromatic heterocycles. The lowest BCUT2D eigenvalue weighted by atomic mass is 10.1. The van der Waals surface area contributed by atoms with Gasteiger partial charge < -0.3 is 5.73 Å². The van der Waals surface area contributed by atoms with Crippen molar-refractivity contribution in [2.45, 2.75) is 6.92 Å². The molecule has 0 aliphatic carbocycles. The average Bonchev–Trinajstić information content (AvgIpc) is 2.02. The molecule has 2 nitrogen and oxygen atoms in total. The molecule has 0 unspecified atom stereocenters. The lowest BCUT2D eigenvalue weighted by Gasteiger charge is -2.04. The Morgan fingerprint density at radius 3 is 2.75 bits per heavy atom. The van der Waals surface area contributed by atoms with E-state index in [-0.39, 0.29) is 15.7 Å². The first-order valence-electron chi connectivity index (χ1n) is 3.22. The Labute approximate surface area is 77.9 Å². The highest BCUT2D eigenvalue weighted by atomic mass is 79.9. The van der Waals surface area contributed by atoms with Crippen LogP contribution in [0.3, 0.4) is 0 Å². The first-order chi connectivity index (χ1) is 5.57. The summed E-state index contributed by atoms with van der Waals surface area (Å²) < 4.78 is 13.4. The molecule has 0 atom stereocenters. The SMILES string of the molecule is Cc1cc(Br)c(F)c(C#N)c1N. The Morgan fingerprint density at radius 2 is 2.25 bits per heavy atom. The minimum atomic E-state index is -0.597. The van der Waals surface area contributed by atoms with Crippen molar-refractivity contribution in [3.05, 3.63) is 27.5 Å². The van der Waals surface area contributed by atoms with E-state index in [1.54, 1.807) is 19.1 Å². The van der Waals surface area contributed by atoms with Gasteiger partial charge in [-0.25, -0.2) is 4.39 Å². The van der Waals surface area contributed by atoms with E-state index in [0.29, 0.717) is 5.56 Å². The van der Waals surface area contributed by atoms with E-state index in [2.05, 4.69) is 15.9 Å². The molecule has 0 saturated carbocycles. The third-order valence-electron chi connectivity index (χ3n) is 1.58. The second-order valence-corrected chi connectivity index (χ2v) is 3.24. The fourth-order valence-corrected chi connectivity index (χ4v) is 1.42. The molecule has 0 saturated heterocycles. The zero-order valence-electron chi connectivity index (χ0n) is 6.36. The molecule has 62 valence electrons. The van der Waals surface area contributed by atoms with E-state index >= 15 is 0 Å². The van der Waals surface area contributed by atoms with Crippen molar-refractivity contribution < 1.29 is 4.39 Å². The lowest BCUT2D eigenvalue weighted by Crippen LogP contribution is -1.98. The number of halogens is 2. The number of nitrogens with zero attached hydrogens (tertiary/aromatic N) is 1. The summed E-state index contributed by atoms with van der Waals surface area (Å²) in [4.78, 5) is 0. The standard InChI is InChI=1S/C8H6BrFN2/c1-4-2-6(9)7(10)5(3-11)8(4)12/h2H,12H2,1H3. The maximum Gasteiger partial charge on any atom is 0.157 e. The Morgan fingerprint density at radius 1 is 1.67 bits per heavy atom. The van der Waals surface area contributed by atoms with Crippen molar-refractivity contribution in [3.63, 3.8) is 0 Å². The first kappa shape index (κ1) is 9.01. The van der Waals surface area contributed by atoms with Crippen LogP contribution in [0.5, 0.6) is 0 Å². The predicted octanol–water partition coefficient (Wildman–Crippen LogP) is 2.35. The molecule has 0 fully saturated rings. The number of hydrogen-bond acceptors (Lipinski definition) is 2. The van der Waals surface area contributed by atoms with E-state index in [1.165, 1.54) is 0 Å². The number of nitrogens with two attached hydrogens (primary N) is 1. The Bertz CT molecular complexity index is 342. The van der Waals surface area contributed by atoms with Gasteiger partial charge in [-0.2, -0.15) is 5.26 Å². The number of rotatable bonds is 0. The van der Waals surface area contributed by atoms with Crippen LogP contribution in [0.1, 0.15) is 11.1 Å². The molecule has 0 radical (unpaired) electrons. The van der Waals surface area contributed by atoms with Gasteiger partial charge >= 0.3 is 0 Å². The third kappa shape index (κ3) is 1.28. The van der Waals surface area contributed by atoms with Crippen molar-refractivity contribution in [3.8, 4) is 6.07 Å². The summed E-state index contributed by atoms with van der Waals surface area (Å²) in [6, 6.07) is 3.26. The fourth-order valence-electron chi connectivity index (χ4n) is 0.875. The molecule has 1 aromatic rings. The molecule has 1 rings (SSSR count). The highest BCUT2D eigenvalue weighted by Gasteiger charge is 2.11. The van der Waals surface area contributed by atoms with E-state index in [1.807, 2.05) is 0 Å². The summed E-state index contributed by atoms with van der Waals surface area (Å²) in [5.41, 5.74) is 6.28. The van der Waals surface area contributed by atoms with Crippen molar-refractivity contribution in [1.29, 1.82) is 5.26 Å². The van der Waals surface area contributed by atoms with Gasteiger partial charge in [0, 0.05) is 0 Å². The molecular weight excluding hydrogens is 223 g/mol. The van der Waals surface area contributed by atoms with Crippen LogP contribution in [0.4, 0.5) is 10.1 Å². The van der Waals surface area contributed by atoms with Gasteiger partial charge in [-0.05, 0) is 34.5 Å². The summed E-state index contributed by atoms with van der Waals surface area (Å²) in [5, 5.41) is 8.56. The van der Waals surface area contributed by atoms with Gasteiger partial charge in [0.05, 0.1) is 10.2 Å². The van der Waals surface area contributed by atoms with E-state index in [4.69, 9.17) is 11.0 Å². The van der Waals surface area contributed by atoms with Gasteiger partial charge in [-0.1, -0.05) is 0 Å². The quantitative estimate of drug-likeness (QED) is 0.694. The summed E-state index contributed by atoms with van der Waals surface area (Å²) in [5.74, 6) is -0.597. The van der Waals surface area contributed by atoms with Gasteiger partial charge in [0.2, 0.25) is 0 Å². The summed E-state index contributed by atoms with van der Waals surface area (Å²) >= 11 is 2.99. The largest absolute Gasteiger partial charge is 0.397 e. The summed E-state index contributed by atoms with van der Waals surface area (Å²) in [6.45, 7) is 1.72. The van der Waals surface area contributed by atoms with Crippen LogP contribution in [-0.4, -0.2) is 0 Å². The van der Waals surface area contributed by atoms with Crippen molar-refractivity contribution in [2.24, 2.45) is 0 Å². The van der Waals surface area contributed by atoms with Crippen molar-refractivity contribution in [1.82, 2.24) is 0 Å². The van der Waals surface area contributed by atoms with Crippen LogP contribution in [-0.2, 0) is 0 Å². The van der Waals surface area contributed by atoms with E-state index < -0.39 is 5.82 Å². The van der Waals surface area contributed by atoms with Crippen LogP contribution in [0.25, 0.3) is 0 Å². The number of benzene rings is 1. The molecule has 0 bridgehead atoms.